The van der Waals surface area contributed by atoms with Crippen LogP contribution in [0.3, 0.4) is 0 Å². The Morgan fingerprint density at radius 3 is 1.96 bits per heavy atom. The first kappa shape index (κ1) is 19.0. The predicted molar refractivity (Wildman–Crippen MR) is 92.1 cm³/mol. The number of carbonyl (C=O) groups is 2. The maximum atomic E-state index is 12.3. The Balaban J connectivity index is 2.16. The molecule has 25 heavy (non-hydrogen) atoms. The fraction of sp³-hybridized carbons (Fsp3) is 0.222. The molecule has 0 aliphatic rings. The van der Waals surface area contributed by atoms with E-state index in [1.165, 1.54) is 31.2 Å². The summed E-state index contributed by atoms with van der Waals surface area (Å²) >= 11 is 0. The number of Topliss-reactive ketones (excluding diaryl/α,β-unsaturated/α-hetero) is 1. The van der Waals surface area contributed by atoms with Crippen molar-refractivity contribution in [1.82, 2.24) is 0 Å². The molecule has 0 bridgehead atoms. The molecule has 7 heteroatoms. The quantitative estimate of drug-likeness (QED) is 0.596. The van der Waals surface area contributed by atoms with Crippen molar-refractivity contribution in [2.45, 2.75) is 12.5 Å². The van der Waals surface area contributed by atoms with Crippen molar-refractivity contribution in [3.63, 3.8) is 0 Å². The molecule has 0 amide bonds. The van der Waals surface area contributed by atoms with Gasteiger partial charge in [-0.1, -0.05) is 54.6 Å². The number of hydrogen-bond donors (Lipinski definition) is 1. The lowest BCUT2D eigenvalue weighted by Crippen LogP contribution is -2.40. The van der Waals surface area contributed by atoms with Gasteiger partial charge in [0.1, 0.15) is 12.2 Å². The van der Waals surface area contributed by atoms with Gasteiger partial charge in [-0.2, -0.15) is 8.42 Å². The van der Waals surface area contributed by atoms with E-state index in [2.05, 4.69) is 4.18 Å². The van der Waals surface area contributed by atoms with E-state index < -0.39 is 28.1 Å². The van der Waals surface area contributed by atoms with Gasteiger partial charge in [-0.3, -0.25) is 13.8 Å². The fourth-order valence-electron chi connectivity index (χ4n) is 2.13. The van der Waals surface area contributed by atoms with Crippen molar-refractivity contribution in [1.29, 1.82) is 0 Å². The minimum Gasteiger partial charge on any atom is -0.379 e. The van der Waals surface area contributed by atoms with Crippen LogP contribution in [0.4, 0.5) is 0 Å². The lowest BCUT2D eigenvalue weighted by molar-refractivity contribution is 0.0177. The summed E-state index contributed by atoms with van der Waals surface area (Å²) < 4.78 is 26.5. The lowest BCUT2D eigenvalue weighted by Gasteiger charge is -2.21. The summed E-state index contributed by atoms with van der Waals surface area (Å²) in [5, 5.41) is 10.2. The molecule has 0 aromatic heterocycles. The highest BCUT2D eigenvalue weighted by molar-refractivity contribution is 7.85. The highest BCUT2D eigenvalue weighted by Gasteiger charge is 2.33. The minimum atomic E-state index is -3.78. The molecule has 132 valence electrons. The smallest absolute Gasteiger partial charge is 0.264 e. The summed E-state index contributed by atoms with van der Waals surface area (Å²) in [6, 6.07) is 14.5. The van der Waals surface area contributed by atoms with Gasteiger partial charge in [0, 0.05) is 16.7 Å². The van der Waals surface area contributed by atoms with Gasteiger partial charge in [0.2, 0.25) is 0 Å². The second kappa shape index (κ2) is 7.26. The predicted octanol–water partition coefficient (Wildman–Crippen LogP) is 1.83. The van der Waals surface area contributed by atoms with Crippen LogP contribution in [0.2, 0.25) is 0 Å². The van der Waals surface area contributed by atoms with Crippen molar-refractivity contribution in [2.24, 2.45) is 0 Å². The van der Waals surface area contributed by atoms with Gasteiger partial charge in [0.15, 0.2) is 11.6 Å². The van der Waals surface area contributed by atoms with Crippen LogP contribution in [0.15, 0.2) is 54.6 Å². The van der Waals surface area contributed by atoms with Gasteiger partial charge in [-0.05, 0) is 6.92 Å². The summed E-state index contributed by atoms with van der Waals surface area (Å²) in [6.45, 7) is 0.485. The first-order valence-electron chi connectivity index (χ1n) is 7.41. The number of aliphatic hydroxyl groups is 1. The second-order valence-corrected chi connectivity index (χ2v) is 7.49. The Kier molecular flexibility index (Phi) is 5.52. The van der Waals surface area contributed by atoms with Gasteiger partial charge >= 0.3 is 0 Å². The zero-order valence-electron chi connectivity index (χ0n) is 13.8. The summed E-state index contributed by atoms with van der Waals surface area (Å²) in [5.74, 6) is -0.887. The normalized spacial score (nSPS) is 13.9. The zero-order valence-corrected chi connectivity index (χ0v) is 14.6. The van der Waals surface area contributed by atoms with Crippen LogP contribution in [-0.2, 0) is 14.3 Å². The molecule has 0 radical (unpaired) electrons. The number of carbonyl (C=O) groups excluding carboxylic acids is 2. The molecule has 0 heterocycles. The molecule has 0 aliphatic heterocycles. The molecule has 0 fully saturated rings. The SMILES string of the molecule is CC(O)(COS(C)(=O)=O)C(=O)c1ccc(C(=O)c2ccccc2)cc1. The van der Waals surface area contributed by atoms with Crippen LogP contribution in [0.5, 0.6) is 0 Å². The van der Waals surface area contributed by atoms with Gasteiger partial charge in [-0.15, -0.1) is 0 Å². The Hall–Kier alpha value is -2.35. The monoisotopic (exact) mass is 362 g/mol. The summed E-state index contributed by atoms with van der Waals surface area (Å²) in [5.41, 5.74) is -0.940. The summed E-state index contributed by atoms with van der Waals surface area (Å²) in [6.07, 6.45) is 0.831. The first-order valence-corrected chi connectivity index (χ1v) is 9.23. The number of hydrogen-bond acceptors (Lipinski definition) is 6. The molecule has 6 nitrogen and oxygen atoms in total. The van der Waals surface area contributed by atoms with Gasteiger partial charge in [0.05, 0.1) is 6.26 Å². The van der Waals surface area contributed by atoms with Crippen molar-refractivity contribution in [2.75, 3.05) is 12.9 Å². The van der Waals surface area contributed by atoms with Crippen LogP contribution in [0.1, 0.15) is 33.2 Å². The maximum absolute atomic E-state index is 12.3. The molecular formula is C18H18O6S. The van der Waals surface area contributed by atoms with E-state index in [-0.39, 0.29) is 11.3 Å². The van der Waals surface area contributed by atoms with Crippen LogP contribution in [-0.4, -0.2) is 43.6 Å². The van der Waals surface area contributed by atoms with Gasteiger partial charge in [-0.25, -0.2) is 0 Å². The Morgan fingerprint density at radius 2 is 1.44 bits per heavy atom. The van der Waals surface area contributed by atoms with Crippen molar-refractivity contribution >= 4 is 21.7 Å². The topological polar surface area (TPSA) is 97.7 Å². The Labute approximate surface area is 146 Å². The van der Waals surface area contributed by atoms with E-state index in [1.807, 2.05) is 0 Å². The van der Waals surface area contributed by atoms with Crippen LogP contribution in [0, 0.1) is 0 Å². The highest BCUT2D eigenvalue weighted by atomic mass is 32.2. The molecule has 0 saturated heterocycles. The Morgan fingerprint density at radius 1 is 0.960 bits per heavy atom. The van der Waals surface area contributed by atoms with Crippen molar-refractivity contribution < 1.29 is 27.3 Å². The third kappa shape index (κ3) is 5.06. The van der Waals surface area contributed by atoms with Crippen LogP contribution < -0.4 is 0 Å². The molecule has 1 N–H and O–H groups in total. The van der Waals surface area contributed by atoms with Crippen LogP contribution in [0.25, 0.3) is 0 Å². The maximum Gasteiger partial charge on any atom is 0.264 e. The second-order valence-electron chi connectivity index (χ2n) is 5.84. The largest absolute Gasteiger partial charge is 0.379 e. The molecule has 1 atom stereocenters. The van der Waals surface area contributed by atoms with Gasteiger partial charge in [0.25, 0.3) is 10.1 Å². The molecule has 0 spiro atoms. The standard InChI is InChI=1S/C18H18O6S/c1-18(21,12-24-25(2,22)23)17(20)15-10-8-14(9-11-15)16(19)13-6-4-3-5-7-13/h3-11,21H,12H2,1-2H3. The van der Waals surface area contributed by atoms with Gasteiger partial charge < -0.3 is 5.11 Å². The van der Waals surface area contributed by atoms with E-state index in [0.29, 0.717) is 11.1 Å². The first-order chi connectivity index (χ1) is 11.6. The van der Waals surface area contributed by atoms with Crippen LogP contribution >= 0.6 is 0 Å². The average Bonchev–Trinajstić information content (AvgIpc) is 2.59. The number of benzene rings is 2. The number of rotatable bonds is 7. The average molecular weight is 362 g/mol. The molecule has 2 rings (SSSR count). The van der Waals surface area contributed by atoms with E-state index in [1.54, 1.807) is 30.3 Å². The summed E-state index contributed by atoms with van der Waals surface area (Å²) in [4.78, 5) is 24.6. The fourth-order valence-corrected chi connectivity index (χ4v) is 2.57. The van der Waals surface area contributed by atoms with E-state index in [4.69, 9.17) is 0 Å². The Bertz CT molecular complexity index is 868. The highest BCUT2D eigenvalue weighted by Crippen LogP contribution is 2.17. The molecule has 2 aromatic carbocycles. The zero-order chi connectivity index (χ0) is 18.7. The minimum absolute atomic E-state index is 0.145. The molecule has 0 aliphatic carbocycles. The summed E-state index contributed by atoms with van der Waals surface area (Å²) in [7, 11) is -3.78. The molecule has 1 unspecified atom stereocenters. The van der Waals surface area contributed by atoms with E-state index in [0.717, 1.165) is 6.26 Å². The van der Waals surface area contributed by atoms with Crippen molar-refractivity contribution in [3.05, 3.63) is 71.3 Å². The third-order valence-corrected chi connectivity index (χ3v) is 4.03. The third-order valence-electron chi connectivity index (χ3n) is 3.49. The molecule has 0 saturated carbocycles. The van der Waals surface area contributed by atoms with Crippen molar-refractivity contribution in [3.8, 4) is 0 Å². The van der Waals surface area contributed by atoms with E-state index >= 15 is 0 Å². The lowest BCUT2D eigenvalue weighted by atomic mass is 9.94. The number of ketones is 2. The molecule has 2 aromatic rings. The van der Waals surface area contributed by atoms with E-state index in [9.17, 15) is 23.1 Å². The molecular weight excluding hydrogens is 344 g/mol.